The number of nitrogens with zero attached hydrogens (tertiary/aromatic N) is 2. The van der Waals surface area contributed by atoms with Gasteiger partial charge in [0.25, 0.3) is 0 Å². The zero-order valence-corrected chi connectivity index (χ0v) is 81.2. The Kier molecular flexibility index (Phi) is 40.6. The minimum absolute atomic E-state index is 0. The molecule has 6 unspecified atom stereocenters. The summed E-state index contributed by atoms with van der Waals surface area (Å²) in [6.07, 6.45) is 28.3. The van der Waals surface area contributed by atoms with Gasteiger partial charge in [0.15, 0.2) is 0 Å². The Labute approximate surface area is 732 Å². The maximum atomic E-state index is 4.76. The first kappa shape index (κ1) is 94.7. The summed E-state index contributed by atoms with van der Waals surface area (Å²) in [5.74, 6) is 4.16. The molecule has 2 aliphatic rings. The average Bonchev–Trinajstić information content (AvgIpc) is 1.57. The van der Waals surface area contributed by atoms with Crippen molar-refractivity contribution < 1.29 is 34.6 Å². The Morgan fingerprint density at radius 1 is 0.336 bits per heavy atom. The van der Waals surface area contributed by atoms with Crippen molar-refractivity contribution in [3.05, 3.63) is 284 Å². The average molecular weight is 1780 g/mol. The second-order valence-electron chi connectivity index (χ2n) is 32.2. The van der Waals surface area contributed by atoms with E-state index < -0.39 is 0 Å². The van der Waals surface area contributed by atoms with Crippen molar-refractivity contribution in [3.63, 3.8) is 0 Å². The van der Waals surface area contributed by atoms with Crippen LogP contribution < -0.4 is 9.80 Å². The monoisotopic (exact) mass is 1780 g/mol. The van der Waals surface area contributed by atoms with E-state index in [4.69, 9.17) is 19.4 Å². The number of hydrogen-bond acceptors (Lipinski definition) is 2. The molecule has 6 atom stereocenters. The zero-order valence-electron chi connectivity index (χ0n) is 70.6. The van der Waals surface area contributed by atoms with E-state index in [2.05, 4.69) is 357 Å². The van der Waals surface area contributed by atoms with Crippen LogP contribution in [-0.2, 0) is 45.5 Å². The van der Waals surface area contributed by atoms with Crippen molar-refractivity contribution in [2.24, 2.45) is 23.7 Å². The van der Waals surface area contributed by atoms with Crippen LogP contribution >= 0.6 is 51.2 Å². The van der Waals surface area contributed by atoms with Crippen molar-refractivity contribution in [1.29, 1.82) is 0 Å². The summed E-state index contributed by atoms with van der Waals surface area (Å²) < 4.78 is 2.30. The van der Waals surface area contributed by atoms with Crippen molar-refractivity contribution in [2.75, 3.05) is 9.80 Å². The number of unbranched alkanes of at least 4 members (excludes halogenated alkanes) is 4. The van der Waals surface area contributed by atoms with Crippen molar-refractivity contribution in [1.82, 2.24) is 0 Å². The molecule has 10 aromatic rings. The summed E-state index contributed by atoms with van der Waals surface area (Å²) in [7, 11) is 9.53. The van der Waals surface area contributed by atoms with Gasteiger partial charge in [0.05, 0.1) is 0 Å². The van der Waals surface area contributed by atoms with Gasteiger partial charge >= 0.3 is 54.0 Å². The minimum atomic E-state index is 0. The molecule has 0 amide bonds. The third kappa shape index (κ3) is 24.4. The molecule has 0 heterocycles. The molecular weight excluding hydrogens is 1650 g/mol. The Morgan fingerprint density at radius 2 is 0.655 bits per heavy atom. The van der Waals surface area contributed by atoms with Gasteiger partial charge in [0, 0.05) is 42.8 Å². The first-order valence-corrected chi connectivity index (χ1v) is 52.2. The predicted octanol–water partition coefficient (Wildman–Crippen LogP) is 35.4. The van der Waals surface area contributed by atoms with Crippen LogP contribution in [0.4, 0.5) is 34.1 Å². The molecule has 0 spiro atoms. The molecule has 594 valence electrons. The third-order valence-corrected chi connectivity index (χ3v) is 25.9. The molecule has 0 fully saturated rings. The third-order valence-electron chi connectivity index (χ3n) is 24.9. The number of aryl methyl sites for hydroxylation is 2. The van der Waals surface area contributed by atoms with Crippen LogP contribution in [-0.4, -0.2) is 0 Å². The van der Waals surface area contributed by atoms with Crippen LogP contribution in [0, 0.1) is 49.7 Å². The van der Waals surface area contributed by atoms with Crippen LogP contribution in [0.15, 0.2) is 227 Å². The molecule has 8 heteroatoms. The molecule has 10 aromatic carbocycles. The van der Waals surface area contributed by atoms with E-state index in [0.29, 0.717) is 11.8 Å². The van der Waals surface area contributed by atoms with Gasteiger partial charge in [-0.05, 0) is 240 Å². The fraction of sp³-hybridized carbons (Fsp3) is 0.429. The molecule has 0 aromatic heterocycles. The van der Waals surface area contributed by atoms with Crippen LogP contribution in [0.2, 0.25) is 0 Å². The van der Waals surface area contributed by atoms with Gasteiger partial charge in [0.1, 0.15) is 0 Å². The quantitative estimate of drug-likeness (QED) is 0.0289. The topological polar surface area (TPSA) is 6.48 Å². The van der Waals surface area contributed by atoms with Crippen LogP contribution in [0.25, 0.3) is 33.4 Å². The van der Waals surface area contributed by atoms with Gasteiger partial charge in [-0.3, -0.25) is 0 Å². The molecule has 12 rings (SSSR count). The van der Waals surface area contributed by atoms with E-state index in [9.17, 15) is 0 Å². The van der Waals surface area contributed by atoms with Crippen LogP contribution in [0.3, 0.4) is 0 Å². The molecule has 0 N–H and O–H groups in total. The standard InChI is InChI=1S/C53H67N.C29H40Br.C22H21BrN.CH4.2ClH.2Zn/c1-9-14-16-41(12-4)36-53(37-42(13-5)17-15-10-2)51-34-39(7)20-32-49(51)50-33-25-45(35-52(50)53)44-23-30-48(31-24-44)54(46-26-18-38(6)19-27-46)47-28-21-43(22-29-47)40(8)11-3;1-5-9-13-22(7-3)20-29(21-23(8-4)14-10-6-2)27-16-12-11-15-25(27)26-18-17-24(30)19-28(26)29;1-3-17(2)18-9-13-21(14-10-18)24(20-7-5-4-6-8-20)22-15-11-19(23)12-16-22;;;;;/h18-35,40-42H,9-17,36-37H2,1-8H3;11,15-19,22-23H,5-10,13-14,20-21H2,1-4H3;5-17H,3H2,1-2H3;1H4;2*1H;;/q;2*-1;;;;2*+2/p-2. The van der Waals surface area contributed by atoms with Crippen molar-refractivity contribution in [3.8, 4) is 33.4 Å². The number of anilines is 6. The molecule has 0 saturated heterocycles. The van der Waals surface area contributed by atoms with Crippen LogP contribution in [0.1, 0.15) is 288 Å². The second kappa shape index (κ2) is 48.5. The Balaban J connectivity index is 0.000000252. The van der Waals surface area contributed by atoms with E-state index in [0.717, 1.165) is 92.7 Å². The summed E-state index contributed by atoms with van der Waals surface area (Å²) in [4.78, 5) is 4.67. The van der Waals surface area contributed by atoms with E-state index in [1.54, 1.807) is 22.3 Å². The molecule has 0 radical (unpaired) electrons. The predicted molar refractivity (Wildman–Crippen MR) is 497 cm³/mol. The number of halogens is 4. The van der Waals surface area contributed by atoms with Gasteiger partial charge in [-0.1, -0.05) is 327 Å². The SMILES string of the molecule is C.CCC(C)c1ccc(N(c2cc[c-]cc2)c2ccc(Br)cc2)cc1.CCCCC(CC)CC1(CC(CC)CCCC)c2c[c-]ccc2-c2ccc(Br)cc21.CCCCC(CC)CC1(CC(CC)CCCC)c2cc(C)ccc2-c2ccc(-c3ccc(N(c4ccc(C)cc4)c4ccc(C(C)CC)cc4)cc3)cc21.[Cl][Zn+].[Cl][Zn+]. The molecule has 0 aliphatic heterocycles. The number of hydrogen-bond donors (Lipinski definition) is 0. The van der Waals surface area contributed by atoms with Gasteiger partial charge < -0.3 is 9.80 Å². The summed E-state index contributed by atoms with van der Waals surface area (Å²) in [5, 5.41) is 0. The van der Waals surface area contributed by atoms with Gasteiger partial charge in [0.2, 0.25) is 0 Å². The fourth-order valence-electron chi connectivity index (χ4n) is 17.8. The molecular formula is C105H132Br2Cl2N2Zn2. The Hall–Kier alpha value is -5.41. The van der Waals surface area contributed by atoms with Gasteiger partial charge in [-0.25, -0.2) is 0 Å². The maximum absolute atomic E-state index is 4.76. The Bertz CT molecular complexity index is 4330. The summed E-state index contributed by atoms with van der Waals surface area (Å²) in [6.45, 7) is 32.6. The Morgan fingerprint density at radius 3 is 1.07 bits per heavy atom. The van der Waals surface area contributed by atoms with Gasteiger partial charge in [-0.2, -0.15) is 42.5 Å². The number of benzene rings is 10. The molecule has 113 heavy (non-hydrogen) atoms. The number of rotatable bonds is 35. The molecule has 2 nitrogen and oxygen atoms in total. The normalized spacial score (nSPS) is 15.7. The van der Waals surface area contributed by atoms with E-state index in [1.807, 2.05) is 12.1 Å². The zero-order chi connectivity index (χ0) is 80.7. The number of fused-ring (bicyclic) bond motifs is 6. The molecule has 0 saturated carbocycles. The summed E-state index contributed by atoms with van der Waals surface area (Å²) >= 11 is 9.02. The second-order valence-corrected chi connectivity index (χ2v) is 34.0. The first-order valence-electron chi connectivity index (χ1n) is 42.8. The first-order chi connectivity index (χ1) is 54.5. The van der Waals surface area contributed by atoms with Crippen molar-refractivity contribution >= 4 is 85.4 Å². The van der Waals surface area contributed by atoms with E-state index in [1.165, 1.54) is 206 Å². The van der Waals surface area contributed by atoms with Gasteiger partial charge in [-0.15, -0.1) is 23.3 Å². The molecule has 2 aliphatic carbocycles. The van der Waals surface area contributed by atoms with E-state index in [-0.39, 0.29) is 18.3 Å². The summed E-state index contributed by atoms with van der Waals surface area (Å²) in [5.41, 5.74) is 27.4. The van der Waals surface area contributed by atoms with E-state index >= 15 is 0 Å². The fourth-order valence-corrected chi connectivity index (χ4v) is 18.4. The van der Waals surface area contributed by atoms with Crippen molar-refractivity contribution in [2.45, 2.75) is 268 Å². The van der Waals surface area contributed by atoms with Crippen LogP contribution in [0.5, 0.6) is 0 Å². The summed E-state index contributed by atoms with van der Waals surface area (Å²) in [6, 6.07) is 88.0. The molecule has 0 bridgehead atoms.